The Morgan fingerprint density at radius 2 is 2.35 bits per heavy atom. The molecule has 2 heterocycles. The summed E-state index contributed by atoms with van der Waals surface area (Å²) in [6.45, 7) is 1.54. The summed E-state index contributed by atoms with van der Waals surface area (Å²) in [5.41, 5.74) is 0.889. The summed E-state index contributed by atoms with van der Waals surface area (Å²) >= 11 is 1.49. The Morgan fingerprint density at radius 1 is 1.55 bits per heavy atom. The van der Waals surface area contributed by atoms with Gasteiger partial charge in [0.15, 0.2) is 10.8 Å². The number of hydrogen-bond donors (Lipinski definition) is 1. The number of aromatic nitrogens is 2. The van der Waals surface area contributed by atoms with Crippen molar-refractivity contribution in [2.75, 3.05) is 38.8 Å². The van der Waals surface area contributed by atoms with E-state index in [9.17, 15) is 8.78 Å². The van der Waals surface area contributed by atoms with Crippen LogP contribution in [-0.2, 0) is 11.3 Å². The van der Waals surface area contributed by atoms with Crippen molar-refractivity contribution in [1.29, 1.82) is 0 Å². The van der Waals surface area contributed by atoms with E-state index in [2.05, 4.69) is 10.3 Å². The van der Waals surface area contributed by atoms with Crippen LogP contribution in [0.4, 0.5) is 14.6 Å². The molecule has 0 radical (unpaired) electrons. The topological polar surface area (TPSA) is 41.8 Å². The van der Waals surface area contributed by atoms with Crippen LogP contribution in [0.5, 0.6) is 0 Å². The summed E-state index contributed by atoms with van der Waals surface area (Å²) in [6, 6.07) is 0. The highest BCUT2D eigenvalue weighted by molar-refractivity contribution is 7.15. The number of rotatable bonds is 8. The Morgan fingerprint density at radius 3 is 3.05 bits per heavy atom. The van der Waals surface area contributed by atoms with Gasteiger partial charge in [-0.2, -0.15) is 0 Å². The predicted octanol–water partition coefficient (Wildman–Crippen LogP) is 1.83. The molecule has 0 spiro atoms. The highest BCUT2D eigenvalue weighted by atomic mass is 32.1. The summed E-state index contributed by atoms with van der Waals surface area (Å²) in [4.78, 5) is 6.73. The lowest BCUT2D eigenvalue weighted by Gasteiger charge is -2.18. The molecule has 0 saturated carbocycles. The highest BCUT2D eigenvalue weighted by Crippen LogP contribution is 2.24. The maximum atomic E-state index is 12.5. The second kappa shape index (κ2) is 6.96. The second-order valence-corrected chi connectivity index (χ2v) is 5.25. The lowest BCUT2D eigenvalue weighted by molar-refractivity contribution is 0.156. The Bertz CT molecular complexity index is 543. The SMILES string of the molecule is COCCNCc1c(N(C)CC(F)F)nc2sccn12. The molecule has 0 amide bonds. The van der Waals surface area contributed by atoms with Gasteiger partial charge >= 0.3 is 0 Å². The molecule has 5 nitrogen and oxygen atoms in total. The number of alkyl halides is 2. The molecule has 2 aromatic rings. The van der Waals surface area contributed by atoms with Crippen molar-refractivity contribution in [2.45, 2.75) is 13.0 Å². The van der Waals surface area contributed by atoms with E-state index < -0.39 is 6.43 Å². The Balaban J connectivity index is 2.17. The van der Waals surface area contributed by atoms with Gasteiger partial charge in [0.05, 0.1) is 18.8 Å². The van der Waals surface area contributed by atoms with E-state index in [0.29, 0.717) is 25.5 Å². The number of anilines is 1. The van der Waals surface area contributed by atoms with Gasteiger partial charge in [0, 0.05) is 38.8 Å². The number of nitrogens with one attached hydrogen (secondary N) is 1. The zero-order valence-corrected chi connectivity index (χ0v) is 12.3. The largest absolute Gasteiger partial charge is 0.383 e. The maximum Gasteiger partial charge on any atom is 0.255 e. The summed E-state index contributed by atoms with van der Waals surface area (Å²) in [5.74, 6) is 0.599. The van der Waals surface area contributed by atoms with E-state index in [0.717, 1.165) is 10.7 Å². The van der Waals surface area contributed by atoms with Crippen LogP contribution >= 0.6 is 11.3 Å². The first-order valence-corrected chi connectivity index (χ1v) is 7.14. The molecule has 8 heteroatoms. The average molecular weight is 304 g/mol. The van der Waals surface area contributed by atoms with Gasteiger partial charge < -0.3 is 15.0 Å². The highest BCUT2D eigenvalue weighted by Gasteiger charge is 2.18. The minimum atomic E-state index is -2.38. The Labute approximate surface area is 120 Å². The van der Waals surface area contributed by atoms with Crippen molar-refractivity contribution < 1.29 is 13.5 Å². The van der Waals surface area contributed by atoms with Crippen molar-refractivity contribution in [3.63, 3.8) is 0 Å². The molecule has 20 heavy (non-hydrogen) atoms. The zero-order valence-electron chi connectivity index (χ0n) is 11.5. The van der Waals surface area contributed by atoms with Gasteiger partial charge in [-0.3, -0.25) is 4.40 Å². The van der Waals surface area contributed by atoms with Crippen molar-refractivity contribution in [3.8, 4) is 0 Å². The van der Waals surface area contributed by atoms with Crippen LogP contribution in [0.2, 0.25) is 0 Å². The second-order valence-electron chi connectivity index (χ2n) is 4.38. The standard InChI is InChI=1S/C12H18F2N4OS/c1-17(8-10(13)14)11-9(7-15-3-5-19-2)18-4-6-20-12(18)16-11/h4,6,10,15H,3,5,7-8H2,1-2H3. The van der Waals surface area contributed by atoms with Gasteiger partial charge in [-0.25, -0.2) is 13.8 Å². The van der Waals surface area contributed by atoms with E-state index in [4.69, 9.17) is 4.74 Å². The third-order valence-electron chi connectivity index (χ3n) is 2.89. The van der Waals surface area contributed by atoms with E-state index in [1.807, 2.05) is 16.0 Å². The number of thiazole rings is 1. The van der Waals surface area contributed by atoms with Crippen molar-refractivity contribution in [3.05, 3.63) is 17.3 Å². The number of imidazole rings is 1. The van der Waals surface area contributed by atoms with Gasteiger partial charge in [-0.15, -0.1) is 11.3 Å². The van der Waals surface area contributed by atoms with E-state index in [-0.39, 0.29) is 6.54 Å². The smallest absolute Gasteiger partial charge is 0.255 e. The molecule has 0 fully saturated rings. The first kappa shape index (κ1) is 15.1. The quantitative estimate of drug-likeness (QED) is 0.756. The monoisotopic (exact) mass is 304 g/mol. The van der Waals surface area contributed by atoms with Gasteiger partial charge in [-0.05, 0) is 0 Å². The first-order valence-electron chi connectivity index (χ1n) is 6.27. The van der Waals surface area contributed by atoms with Crippen LogP contribution in [0.25, 0.3) is 4.96 Å². The van der Waals surface area contributed by atoms with Gasteiger partial charge in [0.25, 0.3) is 6.43 Å². The fourth-order valence-corrected chi connectivity index (χ4v) is 2.69. The number of ether oxygens (including phenoxy) is 1. The van der Waals surface area contributed by atoms with Crippen LogP contribution in [0.3, 0.4) is 0 Å². The number of fused-ring (bicyclic) bond motifs is 1. The van der Waals surface area contributed by atoms with Gasteiger partial charge in [0.1, 0.15) is 0 Å². The molecule has 1 N–H and O–H groups in total. The van der Waals surface area contributed by atoms with Crippen molar-refractivity contribution >= 4 is 22.1 Å². The number of halogens is 2. The molecule has 0 aliphatic carbocycles. The molecule has 2 aromatic heterocycles. The van der Waals surface area contributed by atoms with E-state index in [1.54, 1.807) is 14.2 Å². The van der Waals surface area contributed by atoms with Crippen LogP contribution in [0.1, 0.15) is 5.69 Å². The lowest BCUT2D eigenvalue weighted by atomic mass is 10.3. The van der Waals surface area contributed by atoms with Crippen LogP contribution in [0, 0.1) is 0 Å². The Kier molecular flexibility index (Phi) is 5.27. The third kappa shape index (κ3) is 3.44. The predicted molar refractivity (Wildman–Crippen MR) is 75.9 cm³/mol. The Hall–Kier alpha value is -1.25. The van der Waals surface area contributed by atoms with Gasteiger partial charge in [0.2, 0.25) is 0 Å². The molecular weight excluding hydrogens is 286 g/mol. The minimum absolute atomic E-state index is 0.324. The fraction of sp³-hybridized carbons (Fsp3) is 0.583. The van der Waals surface area contributed by atoms with Crippen molar-refractivity contribution in [2.24, 2.45) is 0 Å². The molecule has 0 aromatic carbocycles. The summed E-state index contributed by atoms with van der Waals surface area (Å²) < 4.78 is 32.0. The average Bonchev–Trinajstić information content (AvgIpc) is 2.95. The summed E-state index contributed by atoms with van der Waals surface area (Å²) in [7, 11) is 3.27. The minimum Gasteiger partial charge on any atom is -0.383 e. The molecule has 0 atom stereocenters. The molecule has 0 aliphatic rings. The third-order valence-corrected chi connectivity index (χ3v) is 3.65. The van der Waals surface area contributed by atoms with Crippen LogP contribution in [0.15, 0.2) is 11.6 Å². The molecule has 2 rings (SSSR count). The number of methoxy groups -OCH3 is 1. The van der Waals surface area contributed by atoms with Crippen LogP contribution in [-0.4, -0.2) is 49.7 Å². The molecule has 0 aliphatic heterocycles. The first-order chi connectivity index (χ1) is 9.63. The lowest BCUT2D eigenvalue weighted by Crippen LogP contribution is -2.27. The van der Waals surface area contributed by atoms with Crippen molar-refractivity contribution in [1.82, 2.24) is 14.7 Å². The zero-order chi connectivity index (χ0) is 14.5. The van der Waals surface area contributed by atoms with E-state index in [1.165, 1.54) is 16.2 Å². The molecule has 112 valence electrons. The molecular formula is C12H18F2N4OS. The van der Waals surface area contributed by atoms with Crippen LogP contribution < -0.4 is 10.2 Å². The molecule has 0 unspecified atom stereocenters. The summed E-state index contributed by atoms with van der Waals surface area (Å²) in [6.07, 6.45) is -0.478. The number of nitrogens with zero attached hydrogens (tertiary/aromatic N) is 3. The molecule has 0 saturated heterocycles. The maximum absolute atomic E-state index is 12.5. The van der Waals surface area contributed by atoms with Gasteiger partial charge in [-0.1, -0.05) is 0 Å². The van der Waals surface area contributed by atoms with E-state index >= 15 is 0 Å². The summed E-state index contributed by atoms with van der Waals surface area (Å²) in [5, 5.41) is 5.15. The number of hydrogen-bond acceptors (Lipinski definition) is 5. The molecule has 0 bridgehead atoms. The fourth-order valence-electron chi connectivity index (χ4n) is 1.97. The normalized spacial score (nSPS) is 11.7.